The Morgan fingerprint density at radius 3 is 2.67 bits per heavy atom. The first kappa shape index (κ1) is 15.0. The molecule has 0 unspecified atom stereocenters. The van der Waals surface area contributed by atoms with Crippen molar-refractivity contribution in [3.63, 3.8) is 0 Å². The van der Waals surface area contributed by atoms with Gasteiger partial charge in [-0.3, -0.25) is 4.90 Å². The van der Waals surface area contributed by atoms with Crippen LogP contribution in [0, 0.1) is 0 Å². The molecule has 4 heteroatoms. The van der Waals surface area contributed by atoms with E-state index in [-0.39, 0.29) is 0 Å². The van der Waals surface area contributed by atoms with E-state index in [1.807, 2.05) is 24.3 Å². The predicted molar refractivity (Wildman–Crippen MR) is 84.5 cm³/mol. The summed E-state index contributed by atoms with van der Waals surface area (Å²) in [6.07, 6.45) is 4.76. The first-order valence-electron chi connectivity index (χ1n) is 7.63. The first-order valence-corrected chi connectivity index (χ1v) is 8.01. The van der Waals surface area contributed by atoms with E-state index in [2.05, 4.69) is 11.0 Å². The molecule has 1 saturated heterocycles. The zero-order chi connectivity index (χ0) is 14.7. The van der Waals surface area contributed by atoms with Crippen LogP contribution in [0.15, 0.2) is 35.9 Å². The van der Waals surface area contributed by atoms with Crippen molar-refractivity contribution in [2.24, 2.45) is 0 Å². The second-order valence-corrected chi connectivity index (χ2v) is 6.40. The van der Waals surface area contributed by atoms with Gasteiger partial charge in [-0.05, 0) is 30.9 Å². The molecule has 0 spiro atoms. The lowest BCUT2D eigenvalue weighted by molar-refractivity contribution is -0.0246. The van der Waals surface area contributed by atoms with Gasteiger partial charge < -0.3 is 9.84 Å². The van der Waals surface area contributed by atoms with Crippen molar-refractivity contribution in [1.82, 2.24) is 4.90 Å². The zero-order valence-corrected chi connectivity index (χ0v) is 13.0. The summed E-state index contributed by atoms with van der Waals surface area (Å²) in [7, 11) is 0. The molecule has 2 aliphatic heterocycles. The van der Waals surface area contributed by atoms with Gasteiger partial charge in [-0.15, -0.1) is 0 Å². The molecule has 2 aliphatic rings. The van der Waals surface area contributed by atoms with Gasteiger partial charge in [0.05, 0.1) is 18.8 Å². The highest BCUT2D eigenvalue weighted by Crippen LogP contribution is 2.36. The van der Waals surface area contributed by atoms with Gasteiger partial charge in [-0.2, -0.15) is 0 Å². The second kappa shape index (κ2) is 6.49. The van der Waals surface area contributed by atoms with Crippen LogP contribution < -0.4 is 0 Å². The Balaban J connectivity index is 1.62. The van der Waals surface area contributed by atoms with Crippen molar-refractivity contribution in [1.29, 1.82) is 0 Å². The van der Waals surface area contributed by atoms with Crippen molar-refractivity contribution in [2.45, 2.75) is 24.9 Å². The molecular formula is C17H22ClNO2. The lowest BCUT2D eigenvalue weighted by atomic mass is 9.84. The van der Waals surface area contributed by atoms with Crippen molar-refractivity contribution in [2.75, 3.05) is 32.8 Å². The molecule has 0 bridgehead atoms. The molecule has 0 atom stereocenters. The van der Waals surface area contributed by atoms with Crippen LogP contribution in [0.2, 0.25) is 5.02 Å². The fraction of sp³-hybridized carbons (Fsp3) is 0.529. The Morgan fingerprint density at radius 1 is 1.24 bits per heavy atom. The summed E-state index contributed by atoms with van der Waals surface area (Å²) < 4.78 is 5.49. The van der Waals surface area contributed by atoms with E-state index < -0.39 is 5.60 Å². The molecule has 114 valence electrons. The van der Waals surface area contributed by atoms with Gasteiger partial charge in [-0.25, -0.2) is 0 Å². The van der Waals surface area contributed by atoms with E-state index in [0.29, 0.717) is 5.02 Å². The van der Waals surface area contributed by atoms with E-state index >= 15 is 0 Å². The third kappa shape index (κ3) is 3.49. The average Bonchev–Trinajstić information content (AvgIpc) is 2.51. The lowest BCUT2D eigenvalue weighted by Gasteiger charge is -2.39. The van der Waals surface area contributed by atoms with Crippen LogP contribution in [-0.2, 0) is 10.3 Å². The third-order valence-electron chi connectivity index (χ3n) is 4.47. The van der Waals surface area contributed by atoms with Gasteiger partial charge in [0.15, 0.2) is 0 Å². The van der Waals surface area contributed by atoms with Crippen LogP contribution in [0.5, 0.6) is 0 Å². The Morgan fingerprint density at radius 2 is 2.00 bits per heavy atom. The summed E-state index contributed by atoms with van der Waals surface area (Å²) in [5.74, 6) is 0. The lowest BCUT2D eigenvalue weighted by Crippen LogP contribution is -2.43. The molecule has 0 saturated carbocycles. The summed E-state index contributed by atoms with van der Waals surface area (Å²) >= 11 is 6.24. The monoisotopic (exact) mass is 307 g/mol. The summed E-state index contributed by atoms with van der Waals surface area (Å²) in [4.78, 5) is 2.39. The van der Waals surface area contributed by atoms with Gasteiger partial charge in [0.1, 0.15) is 0 Å². The van der Waals surface area contributed by atoms with E-state index in [1.165, 1.54) is 5.57 Å². The number of halogens is 1. The normalized spacial score (nSPS) is 22.9. The molecule has 3 nitrogen and oxygen atoms in total. The van der Waals surface area contributed by atoms with Crippen LogP contribution in [0.4, 0.5) is 0 Å². The number of ether oxygens (including phenoxy) is 1. The average molecular weight is 308 g/mol. The SMILES string of the molecule is OC1(c2ccccc2Cl)CCN(CC2=CCCOC2)CC1. The highest BCUT2D eigenvalue weighted by Gasteiger charge is 2.35. The smallest absolute Gasteiger partial charge is 0.0935 e. The van der Waals surface area contributed by atoms with Crippen molar-refractivity contribution < 1.29 is 9.84 Å². The fourth-order valence-corrected chi connectivity index (χ4v) is 3.51. The fourth-order valence-electron chi connectivity index (χ4n) is 3.19. The summed E-state index contributed by atoms with van der Waals surface area (Å²) in [6.45, 7) is 4.33. The van der Waals surface area contributed by atoms with Gasteiger partial charge in [0.25, 0.3) is 0 Å². The van der Waals surface area contributed by atoms with Gasteiger partial charge in [0.2, 0.25) is 0 Å². The van der Waals surface area contributed by atoms with Gasteiger partial charge in [-0.1, -0.05) is 35.9 Å². The highest BCUT2D eigenvalue weighted by atomic mass is 35.5. The quantitative estimate of drug-likeness (QED) is 0.872. The maximum Gasteiger partial charge on any atom is 0.0935 e. The molecule has 0 aromatic heterocycles. The number of rotatable bonds is 3. The number of aliphatic hydroxyl groups is 1. The molecule has 0 aliphatic carbocycles. The zero-order valence-electron chi connectivity index (χ0n) is 12.2. The Kier molecular flexibility index (Phi) is 4.65. The van der Waals surface area contributed by atoms with Crippen LogP contribution in [-0.4, -0.2) is 42.9 Å². The Labute approximate surface area is 131 Å². The molecule has 0 amide bonds. The molecular weight excluding hydrogens is 286 g/mol. The second-order valence-electron chi connectivity index (χ2n) is 5.99. The van der Waals surface area contributed by atoms with Crippen molar-refractivity contribution in [3.8, 4) is 0 Å². The predicted octanol–water partition coefficient (Wildman–Crippen LogP) is 2.97. The largest absolute Gasteiger partial charge is 0.385 e. The minimum atomic E-state index is -0.785. The van der Waals surface area contributed by atoms with Crippen molar-refractivity contribution in [3.05, 3.63) is 46.5 Å². The minimum absolute atomic E-state index is 0.664. The number of hydrogen-bond acceptors (Lipinski definition) is 3. The van der Waals surface area contributed by atoms with E-state index in [4.69, 9.17) is 16.3 Å². The first-order chi connectivity index (χ1) is 10.2. The molecule has 1 aromatic carbocycles. The summed E-state index contributed by atoms with van der Waals surface area (Å²) in [6, 6.07) is 7.64. The molecule has 1 N–H and O–H groups in total. The Bertz CT molecular complexity index is 521. The topological polar surface area (TPSA) is 32.7 Å². The Hall–Kier alpha value is -0.870. The summed E-state index contributed by atoms with van der Waals surface area (Å²) in [5.41, 5.74) is 1.45. The molecule has 3 rings (SSSR count). The third-order valence-corrected chi connectivity index (χ3v) is 4.80. The van der Waals surface area contributed by atoms with Gasteiger partial charge in [0, 0.05) is 30.2 Å². The number of benzene rings is 1. The number of hydrogen-bond donors (Lipinski definition) is 1. The van der Waals surface area contributed by atoms with E-state index in [0.717, 1.165) is 57.7 Å². The molecule has 0 radical (unpaired) electrons. The van der Waals surface area contributed by atoms with Crippen LogP contribution in [0.25, 0.3) is 0 Å². The van der Waals surface area contributed by atoms with Gasteiger partial charge >= 0.3 is 0 Å². The minimum Gasteiger partial charge on any atom is -0.385 e. The maximum atomic E-state index is 10.9. The van der Waals surface area contributed by atoms with E-state index in [9.17, 15) is 5.11 Å². The summed E-state index contributed by atoms with van der Waals surface area (Å²) in [5, 5.41) is 11.6. The standard InChI is InChI=1S/C17H22ClNO2/c18-16-6-2-1-5-15(16)17(20)7-9-19(10-8-17)12-14-4-3-11-21-13-14/h1-2,4-6,20H,3,7-13H2. The van der Waals surface area contributed by atoms with Crippen molar-refractivity contribution >= 4 is 11.6 Å². The molecule has 21 heavy (non-hydrogen) atoms. The number of likely N-dealkylation sites (tertiary alicyclic amines) is 1. The van der Waals surface area contributed by atoms with Crippen LogP contribution in [0.1, 0.15) is 24.8 Å². The molecule has 1 aromatic rings. The van der Waals surface area contributed by atoms with Crippen LogP contribution >= 0.6 is 11.6 Å². The molecule has 1 fully saturated rings. The number of nitrogens with zero attached hydrogens (tertiary/aromatic N) is 1. The molecule has 2 heterocycles. The highest BCUT2D eigenvalue weighted by molar-refractivity contribution is 6.31. The number of piperidine rings is 1. The maximum absolute atomic E-state index is 10.9. The van der Waals surface area contributed by atoms with Crippen LogP contribution in [0.3, 0.4) is 0 Å². The van der Waals surface area contributed by atoms with E-state index in [1.54, 1.807) is 0 Å².